The fourth-order valence-electron chi connectivity index (χ4n) is 3.05. The first-order valence-corrected chi connectivity index (χ1v) is 8.27. The van der Waals surface area contributed by atoms with Crippen LogP contribution in [0.25, 0.3) is 0 Å². The Morgan fingerprint density at radius 1 is 1.30 bits per heavy atom. The number of nitrogens with zero attached hydrogens (tertiary/aromatic N) is 1. The molecule has 2 unspecified atom stereocenters. The molecular formula is C17H27ClN2. The predicted molar refractivity (Wildman–Crippen MR) is 87.4 cm³/mol. The fraction of sp³-hybridized carbons (Fsp3) is 0.647. The summed E-state index contributed by atoms with van der Waals surface area (Å²) < 4.78 is 0. The number of hydrogen-bond acceptors (Lipinski definition) is 2. The van der Waals surface area contributed by atoms with E-state index in [2.05, 4.69) is 36.3 Å². The summed E-state index contributed by atoms with van der Waals surface area (Å²) in [6.45, 7) is 4.58. The summed E-state index contributed by atoms with van der Waals surface area (Å²) >= 11 is 5.98. The first-order valence-electron chi connectivity index (χ1n) is 7.89. The van der Waals surface area contributed by atoms with Gasteiger partial charge in [0, 0.05) is 23.7 Å². The van der Waals surface area contributed by atoms with Crippen LogP contribution in [0.5, 0.6) is 0 Å². The normalized spacial score (nSPS) is 21.9. The van der Waals surface area contributed by atoms with Gasteiger partial charge in [-0.2, -0.15) is 0 Å². The van der Waals surface area contributed by atoms with Gasteiger partial charge in [0.1, 0.15) is 0 Å². The van der Waals surface area contributed by atoms with Crippen molar-refractivity contribution in [3.8, 4) is 0 Å². The average molecular weight is 295 g/mol. The standard InChI is InChI=1S/C17H27ClN2/c1-3-6-17(14-8-10-15(18)11-9-14)19-13-16-7-4-5-12-20(16)2/h8-11,16-17,19H,3-7,12-13H2,1-2H3. The third-order valence-corrected chi connectivity index (χ3v) is 4.62. The van der Waals surface area contributed by atoms with E-state index < -0.39 is 0 Å². The van der Waals surface area contributed by atoms with Crippen molar-refractivity contribution < 1.29 is 0 Å². The number of likely N-dealkylation sites (tertiary alicyclic amines) is 1. The molecule has 1 aliphatic heterocycles. The first-order chi connectivity index (χ1) is 9.70. The molecule has 0 spiro atoms. The van der Waals surface area contributed by atoms with Gasteiger partial charge in [-0.05, 0) is 50.6 Å². The second-order valence-electron chi connectivity index (χ2n) is 5.93. The van der Waals surface area contributed by atoms with Gasteiger partial charge in [-0.25, -0.2) is 0 Å². The Kier molecular flexibility index (Phi) is 6.34. The van der Waals surface area contributed by atoms with Crippen molar-refractivity contribution >= 4 is 11.6 Å². The molecule has 1 aliphatic rings. The minimum Gasteiger partial charge on any atom is -0.308 e. The molecule has 2 rings (SSSR count). The molecule has 1 saturated heterocycles. The van der Waals surface area contributed by atoms with Crippen molar-refractivity contribution in [1.82, 2.24) is 10.2 Å². The molecule has 3 heteroatoms. The molecule has 2 atom stereocenters. The highest BCUT2D eigenvalue weighted by atomic mass is 35.5. The Balaban J connectivity index is 1.93. The Morgan fingerprint density at radius 3 is 2.70 bits per heavy atom. The molecule has 2 nitrogen and oxygen atoms in total. The molecule has 0 amide bonds. The van der Waals surface area contributed by atoms with Crippen molar-refractivity contribution in [1.29, 1.82) is 0 Å². The number of benzene rings is 1. The van der Waals surface area contributed by atoms with Gasteiger partial charge in [0.25, 0.3) is 0 Å². The summed E-state index contributed by atoms with van der Waals surface area (Å²) in [4.78, 5) is 2.50. The van der Waals surface area contributed by atoms with Crippen LogP contribution in [0.3, 0.4) is 0 Å². The van der Waals surface area contributed by atoms with Gasteiger partial charge >= 0.3 is 0 Å². The van der Waals surface area contributed by atoms with Crippen LogP contribution in [-0.4, -0.2) is 31.1 Å². The van der Waals surface area contributed by atoms with E-state index >= 15 is 0 Å². The van der Waals surface area contributed by atoms with Gasteiger partial charge in [-0.1, -0.05) is 43.5 Å². The van der Waals surface area contributed by atoms with Crippen molar-refractivity contribution in [2.24, 2.45) is 0 Å². The molecule has 0 aliphatic carbocycles. The molecule has 1 N–H and O–H groups in total. The topological polar surface area (TPSA) is 15.3 Å². The van der Waals surface area contributed by atoms with Crippen molar-refractivity contribution in [3.05, 3.63) is 34.9 Å². The second kappa shape index (κ2) is 8.02. The molecule has 0 bridgehead atoms. The maximum absolute atomic E-state index is 5.98. The molecule has 1 fully saturated rings. The van der Waals surface area contributed by atoms with Crippen molar-refractivity contribution in [2.45, 2.75) is 51.1 Å². The molecular weight excluding hydrogens is 268 g/mol. The lowest BCUT2D eigenvalue weighted by Crippen LogP contribution is -2.43. The van der Waals surface area contributed by atoms with E-state index in [1.807, 2.05) is 12.1 Å². The van der Waals surface area contributed by atoms with Crippen LogP contribution in [0.4, 0.5) is 0 Å². The number of rotatable bonds is 6. The number of halogens is 1. The smallest absolute Gasteiger partial charge is 0.0406 e. The van der Waals surface area contributed by atoms with E-state index in [0.29, 0.717) is 12.1 Å². The van der Waals surface area contributed by atoms with E-state index in [0.717, 1.165) is 11.6 Å². The highest BCUT2D eigenvalue weighted by Crippen LogP contribution is 2.22. The summed E-state index contributed by atoms with van der Waals surface area (Å²) in [6, 6.07) is 9.44. The lowest BCUT2D eigenvalue weighted by Gasteiger charge is -2.34. The van der Waals surface area contributed by atoms with E-state index in [1.165, 1.54) is 44.2 Å². The Bertz CT molecular complexity index is 390. The van der Waals surface area contributed by atoms with Gasteiger partial charge in [-0.15, -0.1) is 0 Å². The third-order valence-electron chi connectivity index (χ3n) is 4.37. The Labute approximate surface area is 128 Å². The van der Waals surface area contributed by atoms with Crippen molar-refractivity contribution in [2.75, 3.05) is 20.1 Å². The van der Waals surface area contributed by atoms with E-state index in [9.17, 15) is 0 Å². The molecule has 0 aromatic heterocycles. The minimum absolute atomic E-state index is 0.451. The van der Waals surface area contributed by atoms with Gasteiger partial charge in [0.2, 0.25) is 0 Å². The number of nitrogens with one attached hydrogen (secondary N) is 1. The zero-order valence-electron chi connectivity index (χ0n) is 12.7. The zero-order chi connectivity index (χ0) is 14.4. The van der Waals surface area contributed by atoms with Crippen LogP contribution in [0.1, 0.15) is 50.6 Å². The van der Waals surface area contributed by atoms with Gasteiger partial charge in [0.05, 0.1) is 0 Å². The lowest BCUT2D eigenvalue weighted by molar-refractivity contribution is 0.177. The minimum atomic E-state index is 0.451. The average Bonchev–Trinajstić information content (AvgIpc) is 2.46. The summed E-state index contributed by atoms with van der Waals surface area (Å²) in [5.41, 5.74) is 1.36. The fourth-order valence-corrected chi connectivity index (χ4v) is 3.18. The Morgan fingerprint density at radius 2 is 2.05 bits per heavy atom. The quantitative estimate of drug-likeness (QED) is 0.843. The molecule has 112 valence electrons. The lowest BCUT2D eigenvalue weighted by atomic mass is 9.99. The van der Waals surface area contributed by atoms with Crippen LogP contribution in [0.15, 0.2) is 24.3 Å². The summed E-state index contributed by atoms with van der Waals surface area (Å²) in [5, 5.41) is 4.59. The maximum atomic E-state index is 5.98. The molecule has 1 aromatic carbocycles. The molecule has 1 heterocycles. The highest BCUT2D eigenvalue weighted by Gasteiger charge is 2.20. The van der Waals surface area contributed by atoms with Crippen LogP contribution in [0, 0.1) is 0 Å². The highest BCUT2D eigenvalue weighted by molar-refractivity contribution is 6.30. The number of hydrogen-bond donors (Lipinski definition) is 1. The molecule has 0 saturated carbocycles. The molecule has 0 radical (unpaired) electrons. The number of likely N-dealkylation sites (N-methyl/N-ethyl adjacent to an activating group) is 1. The molecule has 1 aromatic rings. The number of piperidine rings is 1. The summed E-state index contributed by atoms with van der Waals surface area (Å²) in [6.07, 6.45) is 6.42. The first kappa shape index (κ1) is 15.8. The van der Waals surface area contributed by atoms with Crippen molar-refractivity contribution in [3.63, 3.8) is 0 Å². The summed E-state index contributed by atoms with van der Waals surface area (Å²) in [7, 11) is 2.25. The van der Waals surface area contributed by atoms with E-state index in [1.54, 1.807) is 0 Å². The zero-order valence-corrected chi connectivity index (χ0v) is 13.5. The third kappa shape index (κ3) is 4.47. The van der Waals surface area contributed by atoms with Gasteiger partial charge in [-0.3, -0.25) is 0 Å². The van der Waals surface area contributed by atoms with Gasteiger partial charge < -0.3 is 10.2 Å². The molecule has 20 heavy (non-hydrogen) atoms. The monoisotopic (exact) mass is 294 g/mol. The SMILES string of the molecule is CCCC(NCC1CCCCN1C)c1ccc(Cl)cc1. The summed E-state index contributed by atoms with van der Waals surface area (Å²) in [5.74, 6) is 0. The Hall–Kier alpha value is -0.570. The van der Waals surface area contributed by atoms with Crippen LogP contribution >= 0.6 is 11.6 Å². The largest absolute Gasteiger partial charge is 0.308 e. The van der Waals surface area contributed by atoms with E-state index in [4.69, 9.17) is 11.6 Å². The predicted octanol–water partition coefficient (Wildman–Crippen LogP) is 4.26. The van der Waals surface area contributed by atoms with Crippen LogP contribution in [-0.2, 0) is 0 Å². The maximum Gasteiger partial charge on any atom is 0.0406 e. The van der Waals surface area contributed by atoms with E-state index in [-0.39, 0.29) is 0 Å². The second-order valence-corrected chi connectivity index (χ2v) is 6.37. The van der Waals surface area contributed by atoms with Crippen LogP contribution < -0.4 is 5.32 Å². The van der Waals surface area contributed by atoms with Crippen LogP contribution in [0.2, 0.25) is 5.02 Å². The van der Waals surface area contributed by atoms with Gasteiger partial charge in [0.15, 0.2) is 0 Å².